The van der Waals surface area contributed by atoms with Gasteiger partial charge in [0.1, 0.15) is 0 Å². The summed E-state index contributed by atoms with van der Waals surface area (Å²) in [6.07, 6.45) is 9.19. The van der Waals surface area contributed by atoms with Crippen molar-refractivity contribution in [3.05, 3.63) is 0 Å². The maximum absolute atomic E-state index is 3.59. The first-order valence-electron chi connectivity index (χ1n) is 7.57. The number of thioether (sulfide) groups is 1. The third kappa shape index (κ3) is 4.75. The summed E-state index contributed by atoms with van der Waals surface area (Å²) in [6.45, 7) is 8.13. The summed E-state index contributed by atoms with van der Waals surface area (Å²) in [7, 11) is 2.33. The fraction of sp³-hybridized carbons (Fsp3) is 1.00. The molecule has 1 N–H and O–H groups in total. The molecule has 0 amide bonds. The van der Waals surface area contributed by atoms with Gasteiger partial charge in [0.15, 0.2) is 0 Å². The zero-order valence-corrected chi connectivity index (χ0v) is 13.6. The van der Waals surface area contributed by atoms with Crippen LogP contribution in [-0.2, 0) is 0 Å². The van der Waals surface area contributed by atoms with Gasteiger partial charge in [-0.15, -0.1) is 0 Å². The molecular weight excluding hydrogens is 240 g/mol. The lowest BCUT2D eigenvalue weighted by molar-refractivity contribution is 0.141. The largest absolute Gasteiger partial charge is 0.316 e. The van der Waals surface area contributed by atoms with Gasteiger partial charge in [-0.3, -0.25) is 0 Å². The van der Waals surface area contributed by atoms with E-state index in [0.717, 1.165) is 12.6 Å². The van der Waals surface area contributed by atoms with Crippen LogP contribution in [0.1, 0.15) is 46.0 Å². The number of nitrogens with one attached hydrogen (secondary N) is 1. The minimum absolute atomic E-state index is 0.552. The molecule has 1 aliphatic rings. The quantitative estimate of drug-likeness (QED) is 0.694. The second-order valence-corrected chi connectivity index (χ2v) is 6.83. The molecule has 1 rings (SSSR count). The summed E-state index contributed by atoms with van der Waals surface area (Å²) in [6, 6.07) is 0.749. The smallest absolute Gasteiger partial charge is 0.0180 e. The summed E-state index contributed by atoms with van der Waals surface area (Å²) < 4.78 is 0. The van der Waals surface area contributed by atoms with Crippen LogP contribution in [0.25, 0.3) is 0 Å². The van der Waals surface area contributed by atoms with Crippen molar-refractivity contribution < 1.29 is 0 Å². The van der Waals surface area contributed by atoms with Crippen molar-refractivity contribution in [2.45, 2.75) is 52.0 Å². The predicted octanol–water partition coefficient (Wildman–Crippen LogP) is 3.23. The van der Waals surface area contributed by atoms with Gasteiger partial charge in [0.2, 0.25) is 0 Å². The van der Waals surface area contributed by atoms with Crippen LogP contribution in [0.2, 0.25) is 0 Å². The second kappa shape index (κ2) is 8.44. The fourth-order valence-electron chi connectivity index (χ4n) is 3.31. The van der Waals surface area contributed by atoms with E-state index < -0.39 is 0 Å². The molecule has 1 unspecified atom stereocenters. The van der Waals surface area contributed by atoms with Crippen LogP contribution in [0.4, 0.5) is 0 Å². The Morgan fingerprint density at radius 3 is 2.44 bits per heavy atom. The lowest BCUT2D eigenvalue weighted by atomic mass is 9.85. The molecule has 0 aromatic carbocycles. The molecule has 2 nitrogen and oxygen atoms in total. The highest BCUT2D eigenvalue weighted by Gasteiger charge is 2.35. The van der Waals surface area contributed by atoms with Crippen molar-refractivity contribution in [1.29, 1.82) is 0 Å². The predicted molar refractivity (Wildman–Crippen MR) is 84.5 cm³/mol. The summed E-state index contributed by atoms with van der Waals surface area (Å²) >= 11 is 1.98. The van der Waals surface area contributed by atoms with Crippen molar-refractivity contribution >= 4 is 11.8 Å². The number of nitrogens with zero attached hydrogens (tertiary/aromatic N) is 1. The van der Waals surface area contributed by atoms with E-state index in [1.807, 2.05) is 11.8 Å². The van der Waals surface area contributed by atoms with E-state index in [1.54, 1.807) is 0 Å². The van der Waals surface area contributed by atoms with Gasteiger partial charge in [0.25, 0.3) is 0 Å². The highest BCUT2D eigenvalue weighted by molar-refractivity contribution is 7.98. The molecule has 0 heterocycles. The molecule has 0 radical (unpaired) electrons. The molecule has 0 bridgehead atoms. The Morgan fingerprint density at radius 2 is 1.94 bits per heavy atom. The van der Waals surface area contributed by atoms with Crippen LogP contribution in [-0.4, -0.2) is 49.6 Å². The van der Waals surface area contributed by atoms with Crippen molar-refractivity contribution in [2.75, 3.05) is 38.7 Å². The molecule has 1 aliphatic carbocycles. The molecule has 108 valence electrons. The van der Waals surface area contributed by atoms with Gasteiger partial charge in [0, 0.05) is 24.9 Å². The molecule has 0 saturated heterocycles. The Kier molecular flexibility index (Phi) is 7.66. The average Bonchev–Trinajstić information content (AvgIpc) is 2.82. The van der Waals surface area contributed by atoms with Gasteiger partial charge in [-0.05, 0) is 44.5 Å². The topological polar surface area (TPSA) is 15.3 Å². The summed E-state index contributed by atoms with van der Waals surface area (Å²) in [5.74, 6) is 1.27. The van der Waals surface area contributed by atoms with Crippen molar-refractivity contribution in [1.82, 2.24) is 10.2 Å². The molecule has 0 spiro atoms. The number of hydrogen-bond acceptors (Lipinski definition) is 3. The van der Waals surface area contributed by atoms with Gasteiger partial charge < -0.3 is 10.2 Å². The van der Waals surface area contributed by atoms with Gasteiger partial charge in [-0.25, -0.2) is 0 Å². The van der Waals surface area contributed by atoms with E-state index in [0.29, 0.717) is 5.41 Å². The normalized spacial score (nSPS) is 20.5. The van der Waals surface area contributed by atoms with Crippen molar-refractivity contribution in [3.8, 4) is 0 Å². The summed E-state index contributed by atoms with van der Waals surface area (Å²) in [5, 5.41) is 3.59. The first kappa shape index (κ1) is 16.3. The SMILES string of the molecule is CCNCC1(CN(C)C(CC)CSC)CCCC1. The molecular formula is C15H32N2S. The molecule has 1 saturated carbocycles. The first-order valence-corrected chi connectivity index (χ1v) is 8.96. The van der Waals surface area contributed by atoms with E-state index in [2.05, 4.69) is 37.4 Å². The van der Waals surface area contributed by atoms with Crippen LogP contribution in [0.15, 0.2) is 0 Å². The zero-order chi connectivity index (χ0) is 13.4. The van der Waals surface area contributed by atoms with Crippen LogP contribution >= 0.6 is 11.8 Å². The highest BCUT2D eigenvalue weighted by atomic mass is 32.2. The van der Waals surface area contributed by atoms with Gasteiger partial charge in [0.05, 0.1) is 0 Å². The van der Waals surface area contributed by atoms with E-state index in [-0.39, 0.29) is 0 Å². The second-order valence-electron chi connectivity index (χ2n) is 5.92. The Labute approximate surface area is 118 Å². The van der Waals surface area contributed by atoms with Gasteiger partial charge >= 0.3 is 0 Å². The minimum Gasteiger partial charge on any atom is -0.316 e. The standard InChI is InChI=1S/C15H32N2S/c1-5-14(11-18-4)17(3)13-15(12-16-6-2)9-7-8-10-15/h14,16H,5-13H2,1-4H3. The average molecular weight is 273 g/mol. The first-order chi connectivity index (χ1) is 8.67. The van der Waals surface area contributed by atoms with Crippen molar-refractivity contribution in [2.24, 2.45) is 5.41 Å². The molecule has 1 atom stereocenters. The third-order valence-electron chi connectivity index (χ3n) is 4.45. The maximum Gasteiger partial charge on any atom is 0.0180 e. The van der Waals surface area contributed by atoms with E-state index in [9.17, 15) is 0 Å². The van der Waals surface area contributed by atoms with Crippen LogP contribution in [0.5, 0.6) is 0 Å². The summed E-state index contributed by atoms with van der Waals surface area (Å²) in [5.41, 5.74) is 0.552. The number of hydrogen-bond donors (Lipinski definition) is 1. The lowest BCUT2D eigenvalue weighted by Gasteiger charge is -2.37. The van der Waals surface area contributed by atoms with Gasteiger partial charge in [-0.1, -0.05) is 26.7 Å². The molecule has 0 aliphatic heterocycles. The van der Waals surface area contributed by atoms with E-state index in [1.165, 1.54) is 50.9 Å². The van der Waals surface area contributed by atoms with Crippen LogP contribution < -0.4 is 5.32 Å². The molecule has 3 heteroatoms. The van der Waals surface area contributed by atoms with Crippen molar-refractivity contribution in [3.63, 3.8) is 0 Å². The van der Waals surface area contributed by atoms with E-state index >= 15 is 0 Å². The van der Waals surface area contributed by atoms with Crippen LogP contribution in [0, 0.1) is 5.41 Å². The fourth-order valence-corrected chi connectivity index (χ4v) is 4.19. The minimum atomic E-state index is 0.552. The molecule has 0 aromatic rings. The van der Waals surface area contributed by atoms with E-state index in [4.69, 9.17) is 0 Å². The molecule has 0 aromatic heterocycles. The lowest BCUT2D eigenvalue weighted by Crippen LogP contribution is -2.45. The Bertz CT molecular complexity index is 215. The Morgan fingerprint density at radius 1 is 1.28 bits per heavy atom. The maximum atomic E-state index is 3.59. The monoisotopic (exact) mass is 272 g/mol. The highest BCUT2D eigenvalue weighted by Crippen LogP contribution is 2.38. The number of rotatable bonds is 9. The Hall–Kier alpha value is 0.270. The Balaban J connectivity index is 2.53. The third-order valence-corrected chi connectivity index (χ3v) is 5.17. The molecule has 1 fully saturated rings. The summed E-state index contributed by atoms with van der Waals surface area (Å²) in [4.78, 5) is 2.62. The zero-order valence-electron chi connectivity index (χ0n) is 12.8. The van der Waals surface area contributed by atoms with Gasteiger partial charge in [-0.2, -0.15) is 11.8 Å². The van der Waals surface area contributed by atoms with Crippen LogP contribution in [0.3, 0.4) is 0 Å². The molecule has 18 heavy (non-hydrogen) atoms.